The Hall–Kier alpha value is -8.40. The fourth-order valence-electron chi connectivity index (χ4n) is 10.2. The normalized spacial score (nSPS) is 12.4. The molecule has 3 nitrogen and oxygen atoms in total. The van der Waals surface area contributed by atoms with Gasteiger partial charge in [0.05, 0.1) is 28.4 Å². The minimum absolute atomic E-state index is 0.870. The Kier molecular flexibility index (Phi) is 8.67. The first-order valence-electron chi connectivity index (χ1n) is 22.5. The number of fused-ring (bicyclic) bond motifs is 10. The van der Waals surface area contributed by atoms with E-state index < -0.39 is 0 Å². The van der Waals surface area contributed by atoms with Crippen molar-refractivity contribution < 1.29 is 0 Å². The van der Waals surface area contributed by atoms with Crippen LogP contribution in [-0.2, 0) is 6.42 Å². The molecule has 0 atom stereocenters. The van der Waals surface area contributed by atoms with E-state index in [9.17, 15) is 0 Å². The summed E-state index contributed by atoms with van der Waals surface area (Å²) < 4.78 is 2.48. The number of aromatic nitrogens is 3. The van der Waals surface area contributed by atoms with Crippen molar-refractivity contribution in [1.82, 2.24) is 14.5 Å². The van der Waals surface area contributed by atoms with Crippen LogP contribution in [0.5, 0.6) is 0 Å². The smallest absolute Gasteiger partial charge is 0.0979 e. The van der Waals surface area contributed by atoms with Crippen LogP contribution in [0.2, 0.25) is 0 Å². The van der Waals surface area contributed by atoms with Crippen LogP contribution in [0.3, 0.4) is 0 Å². The molecular formula is C62H41N3. The van der Waals surface area contributed by atoms with Crippen LogP contribution in [0.25, 0.3) is 122 Å². The average Bonchev–Trinajstić information content (AvgIpc) is 3.72. The molecule has 0 spiro atoms. The zero-order valence-corrected chi connectivity index (χ0v) is 35.6. The zero-order valence-electron chi connectivity index (χ0n) is 35.6. The Labute approximate surface area is 377 Å². The van der Waals surface area contributed by atoms with E-state index in [1.165, 1.54) is 88.3 Å². The molecule has 0 aliphatic heterocycles. The summed E-state index contributed by atoms with van der Waals surface area (Å²) in [5, 5.41) is 8.49. The van der Waals surface area contributed by atoms with Gasteiger partial charge in [0.25, 0.3) is 0 Å². The topological polar surface area (TPSA) is 30.7 Å². The van der Waals surface area contributed by atoms with Crippen LogP contribution in [0.1, 0.15) is 17.7 Å². The molecule has 10 aromatic carbocycles. The lowest BCUT2D eigenvalue weighted by Crippen LogP contribution is -2.02. The number of allylic oxidation sites excluding steroid dienone is 1. The standard InChI is InChI=1S/C62H41N3/c1-2-11-46-37-49(29-26-40(46)10-1)42-20-22-43(23-21-42)50-32-35-60-57(38-50)54-16-7-8-19-59(54)65(60)51-33-30-44(31-34-51)48-13-9-12-47(36-48)41-24-27-45(28-25-41)58-39-63-61-55-17-5-3-14-52(55)53-15-4-6-18-56(53)62(61)64-58/h1-7,9-18,20-39H,8,19H2. The van der Waals surface area contributed by atoms with Crippen LogP contribution in [0.15, 0.2) is 219 Å². The molecule has 2 heterocycles. The number of nitrogens with zero attached hydrogens (tertiary/aromatic N) is 3. The molecule has 0 bridgehead atoms. The molecule has 65 heavy (non-hydrogen) atoms. The highest BCUT2D eigenvalue weighted by molar-refractivity contribution is 6.23. The first kappa shape index (κ1) is 37.2. The predicted molar refractivity (Wildman–Crippen MR) is 273 cm³/mol. The molecular weight excluding hydrogens is 787 g/mol. The molecule has 0 amide bonds. The van der Waals surface area contributed by atoms with E-state index in [4.69, 9.17) is 9.97 Å². The Morgan fingerprint density at radius 2 is 0.923 bits per heavy atom. The molecule has 304 valence electrons. The van der Waals surface area contributed by atoms with Gasteiger partial charge in [0.2, 0.25) is 0 Å². The highest BCUT2D eigenvalue weighted by Crippen LogP contribution is 2.39. The van der Waals surface area contributed by atoms with E-state index in [0.717, 1.165) is 51.5 Å². The maximum absolute atomic E-state index is 5.21. The molecule has 13 rings (SSSR count). The van der Waals surface area contributed by atoms with Crippen molar-refractivity contribution >= 4 is 60.3 Å². The Morgan fingerprint density at radius 3 is 1.62 bits per heavy atom. The summed E-state index contributed by atoms with van der Waals surface area (Å²) >= 11 is 0. The summed E-state index contributed by atoms with van der Waals surface area (Å²) in [5.74, 6) is 0. The SMILES string of the molecule is C1=Cc2c(n(-c3ccc(-c4cccc(-c5ccc(-c6cnc7c8ccccc8c8ccccc8c7n6)cc5)c4)cc3)c3ccc(-c4ccc(-c5ccc6ccccc6c5)cc4)cc23)CC1. The summed E-state index contributed by atoms with van der Waals surface area (Å²) in [6.07, 6.45) is 8.62. The molecule has 0 N–H and O–H groups in total. The molecule has 1 aliphatic carbocycles. The Morgan fingerprint density at radius 1 is 0.385 bits per heavy atom. The van der Waals surface area contributed by atoms with Crippen molar-refractivity contribution in [3.63, 3.8) is 0 Å². The summed E-state index contributed by atoms with van der Waals surface area (Å²) in [6, 6.07) is 75.0. The van der Waals surface area contributed by atoms with Crippen molar-refractivity contribution in [1.29, 1.82) is 0 Å². The Balaban J connectivity index is 0.780. The second kappa shape index (κ2) is 15.1. The largest absolute Gasteiger partial charge is 0.313 e. The maximum Gasteiger partial charge on any atom is 0.0979 e. The van der Waals surface area contributed by atoms with Gasteiger partial charge in [-0.1, -0.05) is 182 Å². The van der Waals surface area contributed by atoms with E-state index in [-0.39, 0.29) is 0 Å². The highest BCUT2D eigenvalue weighted by Gasteiger charge is 2.20. The van der Waals surface area contributed by atoms with Crippen molar-refractivity contribution in [2.45, 2.75) is 12.8 Å². The quantitative estimate of drug-likeness (QED) is 0.156. The third-order valence-corrected chi connectivity index (χ3v) is 13.5. The molecule has 0 saturated heterocycles. The number of hydrogen-bond acceptors (Lipinski definition) is 2. The van der Waals surface area contributed by atoms with Crippen molar-refractivity contribution in [3.8, 4) is 61.5 Å². The predicted octanol–water partition coefficient (Wildman–Crippen LogP) is 16.3. The van der Waals surface area contributed by atoms with E-state index in [1.807, 2.05) is 6.20 Å². The summed E-state index contributed by atoms with van der Waals surface area (Å²) in [5.41, 5.74) is 18.6. The van der Waals surface area contributed by atoms with Gasteiger partial charge in [-0.25, -0.2) is 4.98 Å². The molecule has 2 aromatic heterocycles. The summed E-state index contributed by atoms with van der Waals surface area (Å²) in [4.78, 5) is 10.2. The lowest BCUT2D eigenvalue weighted by atomic mass is 9.96. The van der Waals surface area contributed by atoms with E-state index in [0.29, 0.717) is 0 Å². The summed E-state index contributed by atoms with van der Waals surface area (Å²) in [6.45, 7) is 0. The van der Waals surface area contributed by atoms with Gasteiger partial charge in [0.1, 0.15) is 0 Å². The van der Waals surface area contributed by atoms with Crippen molar-refractivity contribution in [2.24, 2.45) is 0 Å². The first-order chi connectivity index (χ1) is 32.2. The molecule has 0 fully saturated rings. The third-order valence-electron chi connectivity index (χ3n) is 13.5. The van der Waals surface area contributed by atoms with Crippen molar-refractivity contribution in [2.75, 3.05) is 0 Å². The summed E-state index contributed by atoms with van der Waals surface area (Å²) in [7, 11) is 0. The zero-order chi connectivity index (χ0) is 42.8. The van der Waals surface area contributed by atoms with Crippen molar-refractivity contribution in [3.05, 3.63) is 230 Å². The monoisotopic (exact) mass is 827 g/mol. The maximum atomic E-state index is 5.21. The minimum Gasteiger partial charge on any atom is -0.313 e. The molecule has 0 radical (unpaired) electrons. The molecule has 1 aliphatic rings. The van der Waals surface area contributed by atoms with Crippen LogP contribution in [0.4, 0.5) is 0 Å². The fraction of sp³-hybridized carbons (Fsp3) is 0.0323. The lowest BCUT2D eigenvalue weighted by molar-refractivity contribution is 0.888. The third kappa shape index (κ3) is 6.35. The molecule has 0 saturated carbocycles. The van der Waals surface area contributed by atoms with Gasteiger partial charge in [-0.2, -0.15) is 0 Å². The van der Waals surface area contributed by atoms with Gasteiger partial charge >= 0.3 is 0 Å². The van der Waals surface area contributed by atoms with E-state index >= 15 is 0 Å². The van der Waals surface area contributed by atoms with E-state index in [1.54, 1.807) is 0 Å². The minimum atomic E-state index is 0.870. The highest BCUT2D eigenvalue weighted by atomic mass is 15.0. The second-order valence-electron chi connectivity index (χ2n) is 17.3. The van der Waals surface area contributed by atoms with E-state index in [2.05, 4.69) is 223 Å². The van der Waals surface area contributed by atoms with Crippen LogP contribution >= 0.6 is 0 Å². The van der Waals surface area contributed by atoms with Gasteiger partial charge in [-0.3, -0.25) is 4.98 Å². The van der Waals surface area contributed by atoms with Gasteiger partial charge in [0, 0.05) is 38.7 Å². The van der Waals surface area contributed by atoms with Crippen LogP contribution < -0.4 is 0 Å². The molecule has 3 heteroatoms. The number of benzene rings is 10. The number of hydrogen-bond donors (Lipinski definition) is 0. The van der Waals surface area contributed by atoms with Gasteiger partial charge in [-0.05, 0) is 115 Å². The van der Waals surface area contributed by atoms with Gasteiger partial charge in [-0.15, -0.1) is 0 Å². The fourth-order valence-corrected chi connectivity index (χ4v) is 10.2. The lowest BCUT2D eigenvalue weighted by Gasteiger charge is -2.14. The molecule has 12 aromatic rings. The Bertz CT molecular complexity index is 3820. The average molecular weight is 828 g/mol. The molecule has 0 unspecified atom stereocenters. The first-order valence-corrected chi connectivity index (χ1v) is 22.5. The second-order valence-corrected chi connectivity index (χ2v) is 17.3. The van der Waals surface area contributed by atoms with Crippen LogP contribution in [0, 0.1) is 0 Å². The van der Waals surface area contributed by atoms with Crippen LogP contribution in [-0.4, -0.2) is 14.5 Å². The van der Waals surface area contributed by atoms with Gasteiger partial charge < -0.3 is 4.57 Å². The van der Waals surface area contributed by atoms with Gasteiger partial charge in [0.15, 0.2) is 0 Å². The number of rotatable bonds is 6.